The van der Waals surface area contributed by atoms with Gasteiger partial charge in [-0.3, -0.25) is 0 Å². The average Bonchev–Trinajstić information content (AvgIpc) is 2.52. The Kier molecular flexibility index (Phi) is 15.5. The molecule has 130 valence electrons. The zero-order valence-corrected chi connectivity index (χ0v) is 18.6. The van der Waals surface area contributed by atoms with Crippen molar-refractivity contribution in [2.45, 2.75) is 84.0 Å². The molecule has 0 spiro atoms. The van der Waals surface area contributed by atoms with Crippen molar-refractivity contribution in [3.8, 4) is 5.75 Å². The first-order valence-corrected chi connectivity index (χ1v) is 9.18. The first-order chi connectivity index (χ1) is 11.1. The summed E-state index contributed by atoms with van der Waals surface area (Å²) in [5, 5.41) is 20.5. The van der Waals surface area contributed by atoms with Gasteiger partial charge in [0.05, 0.1) is 5.56 Å². The Morgan fingerprint density at radius 3 is 1.92 bits per heavy atom. The minimum absolute atomic E-state index is 0. The zero-order chi connectivity index (χ0) is 16.9. The fourth-order valence-corrected chi connectivity index (χ4v) is 2.97. The molecule has 0 fully saturated rings. The monoisotopic (exact) mass is 358 g/mol. The number of carbonyl (C=O) groups is 1. The summed E-state index contributed by atoms with van der Waals surface area (Å²) in [4.78, 5) is 11.1. The first kappa shape index (κ1) is 24.1. The summed E-state index contributed by atoms with van der Waals surface area (Å²) in [6.45, 7) is 2.24. The number of hydrogen-bond donors (Lipinski definition) is 1. The van der Waals surface area contributed by atoms with Gasteiger partial charge in [0.1, 0.15) is 0 Å². The predicted octanol–water partition coefficient (Wildman–Crippen LogP) is 2.32. The number of aromatic carboxylic acids is 1. The smallest absolute Gasteiger partial charge is 0.872 e. The van der Waals surface area contributed by atoms with Gasteiger partial charge < -0.3 is 10.2 Å². The molecule has 24 heavy (non-hydrogen) atoms. The van der Waals surface area contributed by atoms with Gasteiger partial charge in [0.15, 0.2) is 0 Å². The third-order valence-corrected chi connectivity index (χ3v) is 4.36. The van der Waals surface area contributed by atoms with E-state index in [1.165, 1.54) is 76.0 Å². The predicted molar refractivity (Wildman–Crippen MR) is 93.0 cm³/mol. The van der Waals surface area contributed by atoms with Gasteiger partial charge in [-0.25, -0.2) is 4.79 Å². The van der Waals surface area contributed by atoms with E-state index in [1.54, 1.807) is 0 Å². The number of hydrogen-bond acceptors (Lipinski definition) is 2. The van der Waals surface area contributed by atoms with Gasteiger partial charge in [0, 0.05) is 0 Å². The van der Waals surface area contributed by atoms with Crippen LogP contribution in [0.2, 0.25) is 0 Å². The molecule has 0 atom stereocenters. The molecule has 0 unspecified atom stereocenters. The SMILES string of the molecule is CCCCCCCCCCCCCc1cc([O-])ccc1C(=O)O.[K+]. The van der Waals surface area contributed by atoms with Crippen LogP contribution in [0.5, 0.6) is 5.75 Å². The van der Waals surface area contributed by atoms with Crippen molar-refractivity contribution >= 4 is 5.97 Å². The van der Waals surface area contributed by atoms with Crippen LogP contribution in [-0.4, -0.2) is 11.1 Å². The van der Waals surface area contributed by atoms with Gasteiger partial charge >= 0.3 is 57.4 Å². The first-order valence-electron chi connectivity index (χ1n) is 9.18. The molecule has 4 heteroatoms. The molecular formula is C20H31KO3. The molecule has 0 radical (unpaired) electrons. The summed E-state index contributed by atoms with van der Waals surface area (Å²) in [7, 11) is 0. The number of rotatable bonds is 13. The molecule has 1 rings (SSSR count). The van der Waals surface area contributed by atoms with Gasteiger partial charge in [-0.05, 0) is 24.5 Å². The van der Waals surface area contributed by atoms with E-state index in [2.05, 4.69) is 6.92 Å². The molecule has 0 aliphatic carbocycles. The Morgan fingerprint density at radius 1 is 0.917 bits per heavy atom. The number of benzene rings is 1. The molecule has 0 amide bonds. The Morgan fingerprint density at radius 2 is 1.42 bits per heavy atom. The number of carboxylic acid groups (broad SMARTS) is 1. The average molecular weight is 359 g/mol. The second-order valence-electron chi connectivity index (χ2n) is 6.41. The number of carboxylic acids is 1. The van der Waals surface area contributed by atoms with Gasteiger partial charge in [0.2, 0.25) is 0 Å². The van der Waals surface area contributed by atoms with Gasteiger partial charge in [-0.1, -0.05) is 83.3 Å². The summed E-state index contributed by atoms with van der Waals surface area (Å²) in [5.41, 5.74) is 0.956. The molecule has 1 aromatic carbocycles. The van der Waals surface area contributed by atoms with E-state index in [4.69, 9.17) is 5.11 Å². The topological polar surface area (TPSA) is 60.4 Å². The normalized spacial score (nSPS) is 10.4. The molecule has 0 saturated carbocycles. The summed E-state index contributed by atoms with van der Waals surface area (Å²) in [6, 6.07) is 4.23. The molecule has 0 aliphatic rings. The van der Waals surface area contributed by atoms with Crippen LogP contribution in [0.3, 0.4) is 0 Å². The molecule has 3 nitrogen and oxygen atoms in total. The Labute approximate surface area is 189 Å². The number of aryl methyl sites for hydroxylation is 1. The maximum Gasteiger partial charge on any atom is 1.00 e. The van der Waals surface area contributed by atoms with Crippen molar-refractivity contribution in [2.75, 3.05) is 0 Å². The molecule has 0 saturated heterocycles. The van der Waals surface area contributed by atoms with E-state index in [9.17, 15) is 9.90 Å². The summed E-state index contributed by atoms with van der Waals surface area (Å²) < 4.78 is 0. The van der Waals surface area contributed by atoms with E-state index in [1.807, 2.05) is 0 Å². The largest absolute Gasteiger partial charge is 1.00 e. The van der Waals surface area contributed by atoms with E-state index in [-0.39, 0.29) is 62.7 Å². The minimum Gasteiger partial charge on any atom is -0.872 e. The number of unbranched alkanes of at least 4 members (excludes halogenated alkanes) is 10. The standard InChI is InChI=1S/C20H32O3.K/c1-2-3-4-5-6-7-8-9-10-11-12-13-17-16-18(21)14-15-19(17)20(22)23;/h14-16,21H,2-13H2,1H3,(H,22,23);/q;+1/p-1. The van der Waals surface area contributed by atoms with Crippen LogP contribution in [0.15, 0.2) is 18.2 Å². The molecule has 0 aliphatic heterocycles. The van der Waals surface area contributed by atoms with Crippen molar-refractivity contribution in [2.24, 2.45) is 0 Å². The maximum atomic E-state index is 11.4. The Hall–Kier alpha value is 0.126. The third-order valence-electron chi connectivity index (χ3n) is 4.36. The van der Waals surface area contributed by atoms with Crippen molar-refractivity contribution in [1.82, 2.24) is 0 Å². The van der Waals surface area contributed by atoms with Crippen LogP contribution in [-0.2, 0) is 6.42 Å². The molecule has 1 N–H and O–H groups in total. The second kappa shape index (κ2) is 15.4. The van der Waals surface area contributed by atoms with Crippen LogP contribution in [0.4, 0.5) is 0 Å². The molecular weight excluding hydrogens is 327 g/mol. The molecule has 0 heterocycles. The Balaban J connectivity index is 0.00000529. The van der Waals surface area contributed by atoms with Crippen molar-refractivity contribution in [3.05, 3.63) is 29.3 Å². The van der Waals surface area contributed by atoms with Gasteiger partial charge in [-0.2, -0.15) is 0 Å². The summed E-state index contributed by atoms with van der Waals surface area (Å²) >= 11 is 0. The quantitative estimate of drug-likeness (QED) is 0.435. The minimum atomic E-state index is -0.942. The fourth-order valence-electron chi connectivity index (χ4n) is 2.97. The second-order valence-corrected chi connectivity index (χ2v) is 6.41. The molecule has 0 aromatic heterocycles. The van der Waals surface area contributed by atoms with Crippen LogP contribution in [0, 0.1) is 0 Å². The van der Waals surface area contributed by atoms with E-state index >= 15 is 0 Å². The van der Waals surface area contributed by atoms with E-state index in [0.29, 0.717) is 12.0 Å². The van der Waals surface area contributed by atoms with Crippen LogP contribution < -0.4 is 56.5 Å². The third kappa shape index (κ3) is 10.9. The van der Waals surface area contributed by atoms with Crippen molar-refractivity contribution in [1.29, 1.82) is 0 Å². The molecule has 1 aromatic rings. The summed E-state index contributed by atoms with van der Waals surface area (Å²) in [6.07, 6.45) is 14.6. The Bertz CT molecular complexity index is 460. The fraction of sp³-hybridized carbons (Fsp3) is 0.650. The van der Waals surface area contributed by atoms with Crippen LogP contribution in [0.1, 0.15) is 93.5 Å². The van der Waals surface area contributed by atoms with Crippen LogP contribution >= 0.6 is 0 Å². The van der Waals surface area contributed by atoms with Crippen LogP contribution in [0.25, 0.3) is 0 Å². The van der Waals surface area contributed by atoms with Gasteiger partial charge in [-0.15, -0.1) is 5.75 Å². The molecule has 0 bridgehead atoms. The van der Waals surface area contributed by atoms with Crippen molar-refractivity contribution < 1.29 is 66.4 Å². The summed E-state index contributed by atoms with van der Waals surface area (Å²) in [5.74, 6) is -1.05. The van der Waals surface area contributed by atoms with Gasteiger partial charge in [0.25, 0.3) is 0 Å². The van der Waals surface area contributed by atoms with Crippen molar-refractivity contribution in [3.63, 3.8) is 0 Å². The maximum absolute atomic E-state index is 11.4. The van der Waals surface area contributed by atoms with E-state index < -0.39 is 5.97 Å². The zero-order valence-electron chi connectivity index (χ0n) is 15.5. The van der Waals surface area contributed by atoms with E-state index in [0.717, 1.165) is 12.8 Å².